The summed E-state index contributed by atoms with van der Waals surface area (Å²) in [5.41, 5.74) is 1.49. The molecule has 4 aliphatic rings. The highest BCUT2D eigenvalue weighted by Gasteiger charge is 2.39. The van der Waals surface area contributed by atoms with Crippen molar-refractivity contribution in [2.45, 2.75) is 82.2 Å². The van der Waals surface area contributed by atoms with E-state index in [0.717, 1.165) is 50.0 Å². The Balaban J connectivity index is 1.21. The fourth-order valence-electron chi connectivity index (χ4n) is 5.62. The first-order chi connectivity index (χ1) is 16.0. The summed E-state index contributed by atoms with van der Waals surface area (Å²) in [5.74, 6) is 0.638. The molecule has 178 valence electrons. The molecule has 2 aliphatic heterocycles. The second kappa shape index (κ2) is 9.43. The van der Waals surface area contributed by atoms with Crippen LogP contribution in [0.3, 0.4) is 0 Å². The second-order valence-corrected chi connectivity index (χ2v) is 9.87. The van der Waals surface area contributed by atoms with Crippen LogP contribution in [0, 0.1) is 5.92 Å². The lowest BCUT2D eigenvalue weighted by molar-refractivity contribution is -0.136. The van der Waals surface area contributed by atoms with Gasteiger partial charge < -0.3 is 19.7 Å². The number of ether oxygens (including phenoxy) is 2. The third-order valence-corrected chi connectivity index (χ3v) is 7.68. The van der Waals surface area contributed by atoms with Crippen LogP contribution in [0.1, 0.15) is 67.3 Å². The van der Waals surface area contributed by atoms with Gasteiger partial charge in [0.1, 0.15) is 17.9 Å². The van der Waals surface area contributed by atoms with Crippen LogP contribution in [0.4, 0.5) is 0 Å². The number of carbonyl (C=O) groups excluding carboxylic acids is 3. The maximum atomic E-state index is 12.9. The molecule has 0 aromatic heterocycles. The minimum Gasteiger partial charge on any atom is -0.489 e. The first-order valence-electron chi connectivity index (χ1n) is 12.2. The maximum Gasteiger partial charge on any atom is 0.255 e. The van der Waals surface area contributed by atoms with E-state index in [0.29, 0.717) is 36.6 Å². The summed E-state index contributed by atoms with van der Waals surface area (Å²) in [6, 6.07) is 5.35. The summed E-state index contributed by atoms with van der Waals surface area (Å²) >= 11 is 0. The molecule has 2 N–H and O–H groups in total. The molecule has 1 aromatic carbocycles. The SMILES string of the molecule is COC1CC(CNC2CCCCC2Oc2ccc3c(c2)CN(C2CCC(=O)NC2=O)C3=O)C1. The topological polar surface area (TPSA) is 97.0 Å². The molecule has 1 saturated heterocycles. The number of nitrogens with one attached hydrogen (secondary N) is 2. The van der Waals surface area contributed by atoms with Gasteiger partial charge in [0.15, 0.2) is 0 Å². The number of hydrogen-bond acceptors (Lipinski definition) is 6. The smallest absolute Gasteiger partial charge is 0.255 e. The Morgan fingerprint density at radius 3 is 2.73 bits per heavy atom. The summed E-state index contributed by atoms with van der Waals surface area (Å²) in [6.45, 7) is 1.37. The summed E-state index contributed by atoms with van der Waals surface area (Å²) in [6.07, 6.45) is 7.91. The Bertz CT molecular complexity index is 929. The Morgan fingerprint density at radius 1 is 1.12 bits per heavy atom. The molecule has 3 amide bonds. The normalized spacial score (nSPS) is 31.7. The first-order valence-corrected chi connectivity index (χ1v) is 12.2. The van der Waals surface area contributed by atoms with Crippen LogP contribution in [-0.4, -0.2) is 60.6 Å². The molecule has 8 nitrogen and oxygen atoms in total. The Hall–Kier alpha value is -2.45. The zero-order chi connectivity index (χ0) is 22.9. The van der Waals surface area contributed by atoms with Gasteiger partial charge in [-0.3, -0.25) is 19.7 Å². The standard InChI is InChI=1S/C25H33N3O5/c1-32-18-10-15(11-18)13-26-20-4-2-3-5-22(20)33-17-6-7-19-16(12-17)14-28(25(19)31)21-8-9-23(29)27-24(21)30/h6-7,12,15,18,20-22,26H,2-5,8-11,13-14H2,1H3,(H,27,29,30). The maximum absolute atomic E-state index is 12.9. The van der Waals surface area contributed by atoms with Gasteiger partial charge >= 0.3 is 0 Å². The average Bonchev–Trinajstić information content (AvgIpc) is 3.09. The third kappa shape index (κ3) is 4.64. The number of carbonyl (C=O) groups is 3. The van der Waals surface area contributed by atoms with E-state index in [-0.39, 0.29) is 30.2 Å². The zero-order valence-corrected chi connectivity index (χ0v) is 19.2. The largest absolute Gasteiger partial charge is 0.489 e. The van der Waals surface area contributed by atoms with Crippen molar-refractivity contribution in [1.29, 1.82) is 0 Å². The van der Waals surface area contributed by atoms with E-state index in [2.05, 4.69) is 10.6 Å². The van der Waals surface area contributed by atoms with E-state index in [9.17, 15) is 14.4 Å². The Morgan fingerprint density at radius 2 is 1.94 bits per heavy atom. The van der Waals surface area contributed by atoms with Crippen molar-refractivity contribution in [2.24, 2.45) is 5.92 Å². The van der Waals surface area contributed by atoms with Gasteiger partial charge in [0.25, 0.3) is 5.91 Å². The van der Waals surface area contributed by atoms with Gasteiger partial charge in [0, 0.05) is 31.7 Å². The molecule has 3 fully saturated rings. The fourth-order valence-corrected chi connectivity index (χ4v) is 5.62. The van der Waals surface area contributed by atoms with Gasteiger partial charge in [0.05, 0.1) is 6.10 Å². The first kappa shape index (κ1) is 22.3. The number of amides is 3. The summed E-state index contributed by atoms with van der Waals surface area (Å²) in [7, 11) is 1.79. The Kier molecular flexibility index (Phi) is 6.38. The number of imide groups is 1. The molecular formula is C25H33N3O5. The molecule has 3 unspecified atom stereocenters. The van der Waals surface area contributed by atoms with Crippen molar-refractivity contribution in [3.63, 3.8) is 0 Å². The molecule has 5 rings (SSSR count). The van der Waals surface area contributed by atoms with Crippen molar-refractivity contribution < 1.29 is 23.9 Å². The molecule has 2 aliphatic carbocycles. The van der Waals surface area contributed by atoms with Gasteiger partial charge in [-0.05, 0) is 74.8 Å². The van der Waals surface area contributed by atoms with Crippen LogP contribution < -0.4 is 15.4 Å². The fraction of sp³-hybridized carbons (Fsp3) is 0.640. The van der Waals surface area contributed by atoms with Crippen molar-refractivity contribution in [2.75, 3.05) is 13.7 Å². The molecule has 2 heterocycles. The van der Waals surface area contributed by atoms with Crippen molar-refractivity contribution in [1.82, 2.24) is 15.5 Å². The molecule has 3 atom stereocenters. The Labute approximate surface area is 194 Å². The van der Waals surface area contributed by atoms with E-state index < -0.39 is 6.04 Å². The lowest BCUT2D eigenvalue weighted by Crippen LogP contribution is -2.52. The van der Waals surface area contributed by atoms with Gasteiger partial charge in [-0.25, -0.2) is 0 Å². The molecule has 0 radical (unpaired) electrons. The number of hydrogen-bond donors (Lipinski definition) is 2. The minimum absolute atomic E-state index is 0.110. The number of rotatable bonds is 7. The van der Waals surface area contributed by atoms with Gasteiger partial charge in [0.2, 0.25) is 11.8 Å². The average molecular weight is 456 g/mol. The summed E-state index contributed by atoms with van der Waals surface area (Å²) < 4.78 is 11.8. The van der Waals surface area contributed by atoms with Crippen LogP contribution in [0.15, 0.2) is 18.2 Å². The number of fused-ring (bicyclic) bond motifs is 1. The summed E-state index contributed by atoms with van der Waals surface area (Å²) in [5, 5.41) is 6.09. The minimum atomic E-state index is -0.594. The van der Waals surface area contributed by atoms with Crippen LogP contribution in [0.25, 0.3) is 0 Å². The zero-order valence-electron chi connectivity index (χ0n) is 19.2. The number of benzene rings is 1. The summed E-state index contributed by atoms with van der Waals surface area (Å²) in [4.78, 5) is 38.2. The van der Waals surface area contributed by atoms with E-state index in [1.165, 1.54) is 6.42 Å². The van der Waals surface area contributed by atoms with E-state index in [4.69, 9.17) is 9.47 Å². The van der Waals surface area contributed by atoms with Crippen molar-refractivity contribution in [3.8, 4) is 5.75 Å². The van der Waals surface area contributed by atoms with E-state index >= 15 is 0 Å². The molecule has 33 heavy (non-hydrogen) atoms. The number of piperidine rings is 1. The quantitative estimate of drug-likeness (QED) is 0.612. The highest BCUT2D eigenvalue weighted by molar-refractivity contribution is 6.05. The number of nitrogens with zero attached hydrogens (tertiary/aromatic N) is 1. The third-order valence-electron chi connectivity index (χ3n) is 7.68. The highest BCUT2D eigenvalue weighted by atomic mass is 16.5. The van der Waals surface area contributed by atoms with Gasteiger partial charge in [-0.2, -0.15) is 0 Å². The highest BCUT2D eigenvalue weighted by Crippen LogP contribution is 2.33. The molecule has 0 spiro atoms. The molecule has 2 saturated carbocycles. The van der Waals surface area contributed by atoms with Gasteiger partial charge in [-0.15, -0.1) is 0 Å². The van der Waals surface area contributed by atoms with Crippen molar-refractivity contribution in [3.05, 3.63) is 29.3 Å². The predicted molar refractivity (Wildman–Crippen MR) is 121 cm³/mol. The van der Waals surface area contributed by atoms with Crippen LogP contribution in [0.5, 0.6) is 5.75 Å². The van der Waals surface area contributed by atoms with Crippen LogP contribution >= 0.6 is 0 Å². The molecule has 8 heteroatoms. The number of methoxy groups -OCH3 is 1. The van der Waals surface area contributed by atoms with Gasteiger partial charge in [-0.1, -0.05) is 6.42 Å². The van der Waals surface area contributed by atoms with E-state index in [1.807, 2.05) is 18.2 Å². The molecule has 1 aromatic rings. The van der Waals surface area contributed by atoms with Crippen molar-refractivity contribution >= 4 is 17.7 Å². The lowest BCUT2D eigenvalue weighted by atomic mass is 9.81. The van der Waals surface area contributed by atoms with E-state index in [1.54, 1.807) is 12.0 Å². The monoisotopic (exact) mass is 455 g/mol. The molecule has 0 bridgehead atoms. The van der Waals surface area contributed by atoms with Crippen LogP contribution in [-0.2, 0) is 20.9 Å². The predicted octanol–water partition coefficient (Wildman–Crippen LogP) is 2.15. The lowest BCUT2D eigenvalue weighted by Gasteiger charge is -2.38. The second-order valence-electron chi connectivity index (χ2n) is 9.87. The van der Waals surface area contributed by atoms with Crippen LogP contribution in [0.2, 0.25) is 0 Å². The molecular weight excluding hydrogens is 422 g/mol.